The summed E-state index contributed by atoms with van der Waals surface area (Å²) in [5.41, 5.74) is 3.31. The van der Waals surface area contributed by atoms with Crippen LogP contribution in [-0.2, 0) is 14.9 Å². The van der Waals surface area contributed by atoms with Crippen LogP contribution in [0, 0.1) is 0 Å². The van der Waals surface area contributed by atoms with Crippen molar-refractivity contribution in [1.29, 1.82) is 0 Å². The predicted octanol–water partition coefficient (Wildman–Crippen LogP) is 4.98. The van der Waals surface area contributed by atoms with Crippen molar-refractivity contribution in [2.45, 2.75) is 31.1 Å². The molecule has 0 aliphatic heterocycles. The third-order valence-electron chi connectivity index (χ3n) is 4.41. The van der Waals surface area contributed by atoms with E-state index in [-0.39, 0.29) is 23.0 Å². The number of ether oxygens (including phenoxy) is 1. The molecule has 0 aliphatic rings. The second-order valence-electron chi connectivity index (χ2n) is 7.58. The summed E-state index contributed by atoms with van der Waals surface area (Å²) in [7, 11) is 1.38. The minimum Gasteiger partial charge on any atom is -0.468 e. The molecule has 1 amide bonds. The number of hydrogen-bond donors (Lipinski definition) is 2. The zero-order valence-corrected chi connectivity index (χ0v) is 17.3. The van der Waals surface area contributed by atoms with Gasteiger partial charge in [-0.1, -0.05) is 32.9 Å². The smallest absolute Gasteiger partial charge is 0.315 e. The fourth-order valence-corrected chi connectivity index (χ4v) is 3.56. The Labute approximate surface area is 168 Å². The van der Waals surface area contributed by atoms with Crippen LogP contribution in [0.2, 0.25) is 0 Å². The Bertz CT molecular complexity index is 1020. The molecule has 146 valence electrons. The molecule has 0 fully saturated rings. The molecule has 0 unspecified atom stereocenters. The molecule has 3 aromatic rings. The van der Waals surface area contributed by atoms with E-state index < -0.39 is 0 Å². The summed E-state index contributed by atoms with van der Waals surface area (Å²) < 4.78 is 4.66. The van der Waals surface area contributed by atoms with Gasteiger partial charge in [-0.15, -0.1) is 11.8 Å². The highest BCUT2D eigenvalue weighted by atomic mass is 32.2. The van der Waals surface area contributed by atoms with E-state index in [0.717, 1.165) is 27.0 Å². The van der Waals surface area contributed by atoms with Gasteiger partial charge in [0, 0.05) is 21.5 Å². The van der Waals surface area contributed by atoms with Gasteiger partial charge in [0.15, 0.2) is 0 Å². The number of rotatable bonds is 5. The van der Waals surface area contributed by atoms with Gasteiger partial charge in [-0.2, -0.15) is 0 Å². The summed E-state index contributed by atoms with van der Waals surface area (Å²) in [5, 5.41) is 3.88. The van der Waals surface area contributed by atoms with Crippen molar-refractivity contribution < 1.29 is 14.3 Å². The third-order valence-corrected chi connectivity index (χ3v) is 5.37. The fourth-order valence-electron chi connectivity index (χ4n) is 2.79. The van der Waals surface area contributed by atoms with E-state index in [4.69, 9.17) is 0 Å². The van der Waals surface area contributed by atoms with Crippen molar-refractivity contribution in [3.8, 4) is 0 Å². The Morgan fingerprint density at radius 3 is 2.61 bits per heavy atom. The lowest BCUT2D eigenvalue weighted by atomic mass is 9.87. The second-order valence-corrected chi connectivity index (χ2v) is 8.63. The van der Waals surface area contributed by atoms with Crippen LogP contribution in [0.1, 0.15) is 36.8 Å². The quantitative estimate of drug-likeness (QED) is 0.471. The Hall–Kier alpha value is -2.73. The van der Waals surface area contributed by atoms with E-state index in [1.165, 1.54) is 18.9 Å². The van der Waals surface area contributed by atoms with E-state index in [1.807, 2.05) is 42.5 Å². The maximum atomic E-state index is 12.7. The molecule has 6 heteroatoms. The molecule has 1 aromatic heterocycles. The molecule has 0 saturated heterocycles. The molecule has 0 bridgehead atoms. The molecule has 0 atom stereocenters. The number of hydrogen-bond acceptors (Lipinski definition) is 4. The highest BCUT2D eigenvalue weighted by Crippen LogP contribution is 2.26. The van der Waals surface area contributed by atoms with Gasteiger partial charge in [0.25, 0.3) is 5.91 Å². The number of amides is 1. The molecule has 0 spiro atoms. The third kappa shape index (κ3) is 4.75. The summed E-state index contributed by atoms with van der Waals surface area (Å²) in [6.07, 6.45) is 0. The second kappa shape index (κ2) is 8.10. The van der Waals surface area contributed by atoms with Gasteiger partial charge in [0.1, 0.15) is 5.69 Å². The molecule has 5 nitrogen and oxygen atoms in total. The number of benzene rings is 2. The summed E-state index contributed by atoms with van der Waals surface area (Å²) in [4.78, 5) is 28.1. The normalized spacial score (nSPS) is 11.4. The van der Waals surface area contributed by atoms with Gasteiger partial charge in [-0.25, -0.2) is 0 Å². The van der Waals surface area contributed by atoms with Crippen molar-refractivity contribution in [1.82, 2.24) is 4.98 Å². The lowest BCUT2D eigenvalue weighted by Gasteiger charge is -2.19. The molecule has 1 heterocycles. The summed E-state index contributed by atoms with van der Waals surface area (Å²) in [6, 6.07) is 15.5. The molecule has 28 heavy (non-hydrogen) atoms. The minimum atomic E-state index is -0.267. The molecule has 2 N–H and O–H groups in total. The van der Waals surface area contributed by atoms with E-state index in [0.29, 0.717) is 5.69 Å². The number of esters is 1. The number of anilines is 1. The van der Waals surface area contributed by atoms with Crippen LogP contribution < -0.4 is 5.32 Å². The van der Waals surface area contributed by atoms with E-state index in [1.54, 1.807) is 0 Å². The van der Waals surface area contributed by atoms with E-state index >= 15 is 0 Å². The Kier molecular flexibility index (Phi) is 5.79. The number of methoxy groups -OCH3 is 1. The molecule has 0 aliphatic carbocycles. The number of carbonyl (C=O) groups excluding carboxylic acids is 2. The lowest BCUT2D eigenvalue weighted by Crippen LogP contribution is -2.14. The van der Waals surface area contributed by atoms with E-state index in [9.17, 15) is 9.59 Å². The zero-order valence-electron chi connectivity index (χ0n) is 16.5. The molecule has 0 saturated carbocycles. The maximum Gasteiger partial charge on any atom is 0.315 e. The number of fused-ring (bicyclic) bond motifs is 1. The number of H-pyrrole nitrogens is 1. The van der Waals surface area contributed by atoms with Crippen molar-refractivity contribution >= 4 is 40.2 Å². The maximum absolute atomic E-state index is 12.7. The molecular formula is C22H24N2O3S. The molecule has 2 aromatic carbocycles. The molecular weight excluding hydrogens is 372 g/mol. The average molecular weight is 397 g/mol. The first-order valence-electron chi connectivity index (χ1n) is 9.00. The fraction of sp³-hybridized carbons (Fsp3) is 0.273. The van der Waals surface area contributed by atoms with Crippen LogP contribution in [0.5, 0.6) is 0 Å². The Balaban J connectivity index is 1.76. The van der Waals surface area contributed by atoms with Gasteiger partial charge in [0.2, 0.25) is 0 Å². The van der Waals surface area contributed by atoms with E-state index in [2.05, 4.69) is 41.9 Å². The SMILES string of the molecule is COC(=O)CSc1ccc2[nH]c(C(=O)Nc3cccc(C(C)(C)C)c3)cc2c1. The molecule has 3 rings (SSSR count). The minimum absolute atomic E-state index is 0.0140. The van der Waals surface area contributed by atoms with Crippen LogP contribution >= 0.6 is 11.8 Å². The Morgan fingerprint density at radius 1 is 1.11 bits per heavy atom. The van der Waals surface area contributed by atoms with Gasteiger partial charge in [-0.05, 0) is 47.4 Å². The number of nitrogens with one attached hydrogen (secondary N) is 2. The number of thioether (sulfide) groups is 1. The van der Waals surface area contributed by atoms with Crippen molar-refractivity contribution in [3.63, 3.8) is 0 Å². The van der Waals surface area contributed by atoms with Gasteiger partial charge < -0.3 is 15.0 Å². The molecule has 0 radical (unpaired) electrons. The lowest BCUT2D eigenvalue weighted by molar-refractivity contribution is -0.137. The number of aromatic amines is 1. The first-order valence-corrected chi connectivity index (χ1v) is 9.99. The van der Waals surface area contributed by atoms with Crippen LogP contribution in [0.15, 0.2) is 53.4 Å². The predicted molar refractivity (Wildman–Crippen MR) is 114 cm³/mol. The zero-order chi connectivity index (χ0) is 20.3. The standard InChI is InChI=1S/C22H24N2O3S/c1-22(2,3)15-6-5-7-16(12-15)23-21(26)19-11-14-10-17(8-9-18(14)24-19)28-13-20(25)27-4/h5-12,24H,13H2,1-4H3,(H,23,26). The van der Waals surface area contributed by atoms with Crippen molar-refractivity contribution in [2.75, 3.05) is 18.2 Å². The summed E-state index contributed by atoms with van der Waals surface area (Å²) >= 11 is 1.40. The first-order chi connectivity index (χ1) is 13.3. The van der Waals surface area contributed by atoms with Crippen LogP contribution in [0.3, 0.4) is 0 Å². The highest BCUT2D eigenvalue weighted by molar-refractivity contribution is 8.00. The van der Waals surface area contributed by atoms with Gasteiger partial charge in [-0.3, -0.25) is 9.59 Å². The highest BCUT2D eigenvalue weighted by Gasteiger charge is 2.15. The number of aromatic nitrogens is 1. The first kappa shape index (κ1) is 20.0. The summed E-state index contributed by atoms with van der Waals surface area (Å²) in [5.74, 6) is -0.202. The van der Waals surface area contributed by atoms with Crippen LogP contribution in [0.4, 0.5) is 5.69 Å². The van der Waals surface area contributed by atoms with Crippen LogP contribution in [0.25, 0.3) is 10.9 Å². The van der Waals surface area contributed by atoms with Gasteiger partial charge >= 0.3 is 5.97 Å². The Morgan fingerprint density at radius 2 is 1.89 bits per heavy atom. The van der Waals surface area contributed by atoms with Gasteiger partial charge in [0.05, 0.1) is 12.9 Å². The van der Waals surface area contributed by atoms with Crippen molar-refractivity contribution in [2.24, 2.45) is 0 Å². The number of carbonyl (C=O) groups is 2. The topological polar surface area (TPSA) is 71.2 Å². The monoisotopic (exact) mass is 396 g/mol. The van der Waals surface area contributed by atoms with Crippen molar-refractivity contribution in [3.05, 3.63) is 59.8 Å². The average Bonchev–Trinajstić information content (AvgIpc) is 3.09. The summed E-state index contributed by atoms with van der Waals surface area (Å²) in [6.45, 7) is 6.42. The largest absolute Gasteiger partial charge is 0.468 e. The van der Waals surface area contributed by atoms with Crippen LogP contribution in [-0.4, -0.2) is 29.7 Å².